The van der Waals surface area contributed by atoms with E-state index in [1.807, 2.05) is 37.3 Å². The van der Waals surface area contributed by atoms with Crippen LogP contribution >= 0.6 is 0 Å². The van der Waals surface area contributed by atoms with Gasteiger partial charge in [-0.05, 0) is 36.8 Å². The van der Waals surface area contributed by atoms with Crippen molar-refractivity contribution in [2.75, 3.05) is 18.1 Å². The fourth-order valence-corrected chi connectivity index (χ4v) is 7.94. The monoisotopic (exact) mass is 409 g/mol. The Labute approximate surface area is 160 Å². The maximum Gasteiger partial charge on any atom is 0.183 e. The van der Waals surface area contributed by atoms with Gasteiger partial charge in [0.05, 0.1) is 28.3 Å². The first-order valence-electron chi connectivity index (χ1n) is 8.76. The highest BCUT2D eigenvalue weighted by molar-refractivity contribution is 7.96. The van der Waals surface area contributed by atoms with Crippen LogP contribution in [0.15, 0.2) is 59.5 Å². The van der Waals surface area contributed by atoms with Crippen LogP contribution in [0.3, 0.4) is 0 Å². The second kappa shape index (κ2) is 8.00. The third-order valence-corrected chi connectivity index (χ3v) is 8.74. The molecule has 1 aliphatic heterocycles. The van der Waals surface area contributed by atoms with E-state index in [9.17, 15) is 16.8 Å². The van der Waals surface area contributed by atoms with E-state index in [0.29, 0.717) is 18.9 Å². The lowest BCUT2D eigenvalue weighted by molar-refractivity contribution is 0.340. The number of ether oxygens (including phenoxy) is 1. The molecule has 6 nitrogen and oxygen atoms in total. The van der Waals surface area contributed by atoms with Crippen molar-refractivity contribution in [2.45, 2.75) is 29.7 Å². The van der Waals surface area contributed by atoms with Crippen molar-refractivity contribution in [3.05, 3.63) is 60.2 Å². The van der Waals surface area contributed by atoms with Crippen LogP contribution in [0.4, 0.5) is 0 Å². The normalized spacial score (nSPS) is 21.8. The molecule has 0 saturated carbocycles. The smallest absolute Gasteiger partial charge is 0.183 e. The summed E-state index contributed by atoms with van der Waals surface area (Å²) in [5.41, 5.74) is 0.971. The summed E-state index contributed by atoms with van der Waals surface area (Å²) < 4.78 is 55.8. The van der Waals surface area contributed by atoms with Gasteiger partial charge < -0.3 is 10.1 Å². The predicted octanol–water partition coefficient (Wildman–Crippen LogP) is 1.81. The molecule has 8 heteroatoms. The topological polar surface area (TPSA) is 89.5 Å². The number of rotatable bonds is 7. The zero-order valence-electron chi connectivity index (χ0n) is 15.0. The predicted molar refractivity (Wildman–Crippen MR) is 104 cm³/mol. The van der Waals surface area contributed by atoms with Gasteiger partial charge in [0.25, 0.3) is 0 Å². The maximum absolute atomic E-state index is 13.1. The van der Waals surface area contributed by atoms with Crippen molar-refractivity contribution in [1.29, 1.82) is 0 Å². The fourth-order valence-electron chi connectivity index (χ4n) is 3.22. The Morgan fingerprint density at radius 2 is 1.70 bits per heavy atom. The summed E-state index contributed by atoms with van der Waals surface area (Å²) in [6, 6.07) is 15.0. The largest absolute Gasteiger partial charge is 0.494 e. The van der Waals surface area contributed by atoms with E-state index in [1.165, 1.54) is 12.1 Å². The summed E-state index contributed by atoms with van der Waals surface area (Å²) in [7, 11) is -7.22. The Hall–Kier alpha value is -1.90. The molecule has 0 aromatic heterocycles. The van der Waals surface area contributed by atoms with Crippen LogP contribution in [0, 0.1) is 0 Å². The minimum absolute atomic E-state index is 0.111. The highest BCUT2D eigenvalue weighted by Crippen LogP contribution is 2.27. The molecule has 0 bridgehead atoms. The van der Waals surface area contributed by atoms with Crippen molar-refractivity contribution >= 4 is 19.7 Å². The average Bonchev–Trinajstić information content (AvgIpc) is 2.97. The summed E-state index contributed by atoms with van der Waals surface area (Å²) in [6.07, 6.45) is 0. The second-order valence-corrected chi connectivity index (χ2v) is 10.9. The molecule has 0 radical (unpaired) electrons. The molecule has 27 heavy (non-hydrogen) atoms. The standard InChI is InChI=1S/C19H23NO5S2/c1-2-25-16-8-10-17(11-9-16)27(23,24)19-14-26(21,22)13-18(19)20-12-15-6-4-3-5-7-15/h3-11,18-20H,2,12-14H2,1H3/t18-,19-/m0/s1. The first kappa shape index (κ1) is 19.9. The van der Waals surface area contributed by atoms with Crippen LogP contribution in [-0.2, 0) is 26.2 Å². The van der Waals surface area contributed by atoms with Gasteiger partial charge in [0.1, 0.15) is 5.75 Å². The molecule has 1 fully saturated rings. The molecule has 1 N–H and O–H groups in total. The molecule has 0 aliphatic carbocycles. The number of hydrogen-bond donors (Lipinski definition) is 1. The Morgan fingerprint density at radius 1 is 1.04 bits per heavy atom. The average molecular weight is 410 g/mol. The molecule has 0 amide bonds. The van der Waals surface area contributed by atoms with Crippen molar-refractivity contribution in [1.82, 2.24) is 5.32 Å². The molecule has 1 saturated heterocycles. The Kier molecular flexibility index (Phi) is 5.88. The molecule has 1 heterocycles. The van der Waals surface area contributed by atoms with E-state index in [-0.39, 0.29) is 16.4 Å². The third kappa shape index (κ3) is 4.69. The maximum atomic E-state index is 13.1. The summed E-state index contributed by atoms with van der Waals surface area (Å²) in [6.45, 7) is 2.74. The molecular formula is C19H23NO5S2. The van der Waals surface area contributed by atoms with Gasteiger partial charge in [0.15, 0.2) is 19.7 Å². The molecule has 146 valence electrons. The molecule has 3 rings (SSSR count). The summed E-state index contributed by atoms with van der Waals surface area (Å²) >= 11 is 0. The van der Waals surface area contributed by atoms with Crippen LogP contribution in [0.1, 0.15) is 12.5 Å². The second-order valence-electron chi connectivity index (χ2n) is 6.54. The van der Waals surface area contributed by atoms with Crippen molar-refractivity contribution < 1.29 is 21.6 Å². The first-order valence-corrected chi connectivity index (χ1v) is 12.1. The van der Waals surface area contributed by atoms with Gasteiger partial charge in [-0.1, -0.05) is 30.3 Å². The van der Waals surface area contributed by atoms with Crippen LogP contribution in [0.25, 0.3) is 0 Å². The number of sulfone groups is 2. The summed E-state index contributed by atoms with van der Waals surface area (Å²) in [4.78, 5) is 0.111. The molecule has 2 atom stereocenters. The quantitative estimate of drug-likeness (QED) is 0.750. The molecule has 0 unspecified atom stereocenters. The zero-order chi connectivity index (χ0) is 19.5. The molecular weight excluding hydrogens is 386 g/mol. The van der Waals surface area contributed by atoms with E-state index in [2.05, 4.69) is 5.32 Å². The van der Waals surface area contributed by atoms with Crippen LogP contribution in [0.2, 0.25) is 0 Å². The molecule has 0 spiro atoms. The zero-order valence-corrected chi connectivity index (χ0v) is 16.7. The fraction of sp³-hybridized carbons (Fsp3) is 0.368. The van der Waals surface area contributed by atoms with Crippen LogP contribution in [-0.4, -0.2) is 46.2 Å². The van der Waals surface area contributed by atoms with Crippen LogP contribution in [0.5, 0.6) is 5.75 Å². The molecule has 2 aromatic carbocycles. The lowest BCUT2D eigenvalue weighted by Crippen LogP contribution is -2.43. The first-order chi connectivity index (χ1) is 12.8. The minimum Gasteiger partial charge on any atom is -0.494 e. The lowest BCUT2D eigenvalue weighted by atomic mass is 10.2. The highest BCUT2D eigenvalue weighted by atomic mass is 32.2. The third-order valence-electron chi connectivity index (χ3n) is 4.57. The summed E-state index contributed by atoms with van der Waals surface area (Å²) in [5.74, 6) is 0.0321. The van der Waals surface area contributed by atoms with Crippen molar-refractivity contribution in [2.24, 2.45) is 0 Å². The van der Waals surface area contributed by atoms with Crippen molar-refractivity contribution in [3.8, 4) is 5.75 Å². The minimum atomic E-state index is -3.79. The summed E-state index contributed by atoms with van der Waals surface area (Å²) in [5, 5.41) is 2.12. The van der Waals surface area contributed by atoms with Gasteiger partial charge in [-0.2, -0.15) is 0 Å². The van der Waals surface area contributed by atoms with E-state index < -0.39 is 31.0 Å². The van der Waals surface area contributed by atoms with Gasteiger partial charge in [0, 0.05) is 12.6 Å². The Morgan fingerprint density at radius 3 is 2.33 bits per heavy atom. The number of hydrogen-bond acceptors (Lipinski definition) is 6. The number of benzene rings is 2. The van der Waals surface area contributed by atoms with Gasteiger partial charge >= 0.3 is 0 Å². The van der Waals surface area contributed by atoms with Crippen LogP contribution < -0.4 is 10.1 Å². The Balaban J connectivity index is 1.82. The van der Waals surface area contributed by atoms with E-state index in [4.69, 9.17) is 4.74 Å². The molecule has 1 aliphatic rings. The lowest BCUT2D eigenvalue weighted by Gasteiger charge is -2.20. The van der Waals surface area contributed by atoms with Crippen molar-refractivity contribution in [3.63, 3.8) is 0 Å². The Bertz CT molecular complexity index is 971. The molecule has 2 aromatic rings. The van der Waals surface area contributed by atoms with Gasteiger partial charge in [-0.3, -0.25) is 0 Å². The van der Waals surface area contributed by atoms with Gasteiger partial charge in [-0.15, -0.1) is 0 Å². The SMILES string of the molecule is CCOc1ccc(S(=O)(=O)[C@H]2CS(=O)(=O)C[C@@H]2NCc2ccccc2)cc1. The number of nitrogens with one attached hydrogen (secondary N) is 1. The van der Waals surface area contributed by atoms with Gasteiger partial charge in [-0.25, -0.2) is 16.8 Å². The van der Waals surface area contributed by atoms with E-state index in [0.717, 1.165) is 5.56 Å². The van der Waals surface area contributed by atoms with E-state index in [1.54, 1.807) is 12.1 Å². The van der Waals surface area contributed by atoms with E-state index >= 15 is 0 Å². The van der Waals surface area contributed by atoms with Gasteiger partial charge in [0.2, 0.25) is 0 Å². The highest BCUT2D eigenvalue weighted by Gasteiger charge is 2.45.